The molecule has 2 bridgehead atoms. The molecule has 1 saturated heterocycles. The maximum absolute atomic E-state index is 13.8. The number of halogens is 2. The fraction of sp³-hybridized carbons (Fsp3) is 0.156. The van der Waals surface area contributed by atoms with E-state index in [0.717, 1.165) is 32.8 Å². The topological polar surface area (TPSA) is 59.0 Å². The van der Waals surface area contributed by atoms with Crippen LogP contribution in [0.1, 0.15) is 45.2 Å². The van der Waals surface area contributed by atoms with E-state index < -0.39 is 11.8 Å². The van der Waals surface area contributed by atoms with Crippen LogP contribution in [0.4, 0.5) is 0 Å². The molecule has 1 fully saturated rings. The Morgan fingerprint density at radius 1 is 0.718 bits per heavy atom. The summed E-state index contributed by atoms with van der Waals surface area (Å²) in [5.74, 6) is -1.34. The number of nitrogens with zero attached hydrogens (tertiary/aromatic N) is 2. The highest BCUT2D eigenvalue weighted by atomic mass is 35.5. The van der Waals surface area contributed by atoms with Crippen molar-refractivity contribution in [1.29, 1.82) is 0 Å². The number of carbonyl (C=O) groups is 2. The second kappa shape index (κ2) is 9.37. The monoisotopic (exact) mass is 552 g/mol. The van der Waals surface area contributed by atoms with E-state index in [1.54, 1.807) is 24.3 Å². The predicted octanol–water partition coefficient (Wildman–Crippen LogP) is 6.80. The number of amides is 2. The minimum Gasteiger partial charge on any atom is -0.488 e. The standard InChI is InChI=1S/C32H22Cl2N2O3/c33-20-7-5-6-18(14-20)17-39-26-13-12-21(34)15-19(26)16-35-36-31(37)29-27-22-8-1-2-9-23(22)28(30(29)32(36)38)25-11-4-3-10-24(25)27/h1-16,27-30H,17H2/b35-16-/t27?,28?,29-,30+. The molecule has 1 heterocycles. The first-order valence-corrected chi connectivity index (χ1v) is 13.5. The van der Waals surface area contributed by atoms with Gasteiger partial charge < -0.3 is 4.74 Å². The number of imide groups is 1. The number of hydrogen-bond acceptors (Lipinski definition) is 4. The molecule has 7 heteroatoms. The Balaban J connectivity index is 1.21. The Morgan fingerprint density at radius 3 is 1.85 bits per heavy atom. The SMILES string of the molecule is O=C1[C@@H]2C3c4ccccc4C(c4ccccc43)[C@@H]2C(=O)N1/N=C\c1cc(Cl)ccc1OCc1cccc(Cl)c1. The van der Waals surface area contributed by atoms with Crippen LogP contribution in [0.3, 0.4) is 0 Å². The second-order valence-corrected chi connectivity index (χ2v) is 11.0. The number of rotatable bonds is 5. The van der Waals surface area contributed by atoms with Gasteiger partial charge in [-0.1, -0.05) is 83.9 Å². The molecule has 4 aromatic rings. The highest BCUT2D eigenvalue weighted by Crippen LogP contribution is 2.60. The van der Waals surface area contributed by atoms with E-state index in [9.17, 15) is 9.59 Å². The third kappa shape index (κ3) is 3.88. The zero-order chi connectivity index (χ0) is 26.7. The van der Waals surface area contributed by atoms with Crippen molar-refractivity contribution >= 4 is 41.2 Å². The van der Waals surface area contributed by atoms with E-state index in [1.165, 1.54) is 6.21 Å². The Bertz CT molecular complexity index is 1570. The van der Waals surface area contributed by atoms with Crippen molar-refractivity contribution in [3.63, 3.8) is 0 Å². The third-order valence-electron chi connectivity index (χ3n) is 7.99. The van der Waals surface area contributed by atoms with Crippen LogP contribution >= 0.6 is 23.2 Å². The molecule has 0 N–H and O–H groups in total. The lowest BCUT2D eigenvalue weighted by Gasteiger charge is -2.45. The van der Waals surface area contributed by atoms with Gasteiger partial charge in [0.05, 0.1) is 18.1 Å². The van der Waals surface area contributed by atoms with E-state index >= 15 is 0 Å². The van der Waals surface area contributed by atoms with Crippen LogP contribution in [0.5, 0.6) is 5.75 Å². The van der Waals surface area contributed by atoms with Crippen molar-refractivity contribution in [1.82, 2.24) is 5.01 Å². The molecule has 2 amide bonds. The molecule has 0 spiro atoms. The van der Waals surface area contributed by atoms with Crippen LogP contribution in [0.15, 0.2) is 96.1 Å². The lowest BCUT2D eigenvalue weighted by molar-refractivity contribution is -0.139. The first-order valence-electron chi connectivity index (χ1n) is 12.8. The summed E-state index contributed by atoms with van der Waals surface area (Å²) < 4.78 is 6.03. The molecule has 0 radical (unpaired) electrons. The average Bonchev–Trinajstić information content (AvgIpc) is 3.21. The molecular formula is C32H22Cl2N2O3. The molecule has 1 aliphatic heterocycles. The van der Waals surface area contributed by atoms with Crippen LogP contribution < -0.4 is 4.74 Å². The Morgan fingerprint density at radius 2 is 1.28 bits per heavy atom. The lowest BCUT2D eigenvalue weighted by Crippen LogP contribution is -2.41. The van der Waals surface area contributed by atoms with E-state index in [1.807, 2.05) is 42.5 Å². The summed E-state index contributed by atoms with van der Waals surface area (Å²) in [4.78, 5) is 27.6. The summed E-state index contributed by atoms with van der Waals surface area (Å²) >= 11 is 12.4. The number of hydrogen-bond donors (Lipinski definition) is 0. The fourth-order valence-electron chi connectivity index (χ4n) is 6.43. The summed E-state index contributed by atoms with van der Waals surface area (Å²) in [6.07, 6.45) is 1.48. The van der Waals surface area contributed by atoms with Crippen LogP contribution in [-0.2, 0) is 16.2 Å². The Hall–Kier alpha value is -3.93. The van der Waals surface area contributed by atoms with Gasteiger partial charge in [-0.15, -0.1) is 0 Å². The van der Waals surface area contributed by atoms with E-state index in [2.05, 4.69) is 29.4 Å². The number of ether oxygens (including phenoxy) is 1. The van der Waals surface area contributed by atoms with Gasteiger partial charge in [-0.3, -0.25) is 9.59 Å². The summed E-state index contributed by atoms with van der Waals surface area (Å²) in [6.45, 7) is 0.286. The molecule has 39 heavy (non-hydrogen) atoms. The first-order chi connectivity index (χ1) is 19.0. The molecule has 2 atom stereocenters. The second-order valence-electron chi connectivity index (χ2n) is 10.1. The summed E-state index contributed by atoms with van der Waals surface area (Å²) in [7, 11) is 0. The van der Waals surface area contributed by atoms with Crippen molar-refractivity contribution in [3.05, 3.63) is 134 Å². The van der Waals surface area contributed by atoms with Gasteiger partial charge in [0.1, 0.15) is 12.4 Å². The van der Waals surface area contributed by atoms with Crippen molar-refractivity contribution < 1.29 is 14.3 Å². The quantitative estimate of drug-likeness (QED) is 0.202. The molecular weight excluding hydrogens is 531 g/mol. The third-order valence-corrected chi connectivity index (χ3v) is 8.46. The zero-order valence-electron chi connectivity index (χ0n) is 20.6. The maximum atomic E-state index is 13.8. The molecule has 0 unspecified atom stereocenters. The minimum absolute atomic E-state index is 0.174. The smallest absolute Gasteiger partial charge is 0.254 e. The molecule has 0 aromatic heterocycles. The van der Waals surface area contributed by atoms with E-state index in [4.69, 9.17) is 27.9 Å². The van der Waals surface area contributed by atoms with Crippen LogP contribution in [0.2, 0.25) is 10.0 Å². The lowest BCUT2D eigenvalue weighted by atomic mass is 9.55. The molecule has 4 aliphatic rings. The van der Waals surface area contributed by atoms with Gasteiger partial charge in [-0.2, -0.15) is 10.1 Å². The summed E-state index contributed by atoms with van der Waals surface area (Å²) in [5, 5.41) is 6.59. The fourth-order valence-corrected chi connectivity index (χ4v) is 6.83. The van der Waals surface area contributed by atoms with Gasteiger partial charge in [0.15, 0.2) is 0 Å². The summed E-state index contributed by atoms with van der Waals surface area (Å²) in [6, 6.07) is 28.9. The van der Waals surface area contributed by atoms with Crippen LogP contribution in [0.25, 0.3) is 0 Å². The highest BCUT2D eigenvalue weighted by Gasteiger charge is 2.61. The average molecular weight is 553 g/mol. The molecule has 5 nitrogen and oxygen atoms in total. The number of carbonyl (C=O) groups excluding carboxylic acids is 2. The molecule has 192 valence electrons. The van der Waals surface area contributed by atoms with Crippen molar-refractivity contribution in [3.8, 4) is 5.75 Å². The molecule has 8 rings (SSSR count). The number of benzene rings is 4. The van der Waals surface area contributed by atoms with Crippen LogP contribution in [0, 0.1) is 11.8 Å². The number of hydrazone groups is 1. The zero-order valence-corrected chi connectivity index (χ0v) is 22.1. The van der Waals surface area contributed by atoms with Crippen molar-refractivity contribution in [2.45, 2.75) is 18.4 Å². The van der Waals surface area contributed by atoms with Gasteiger partial charge in [0, 0.05) is 27.4 Å². The van der Waals surface area contributed by atoms with Gasteiger partial charge in [0.25, 0.3) is 11.8 Å². The first kappa shape index (κ1) is 24.1. The Labute approximate surface area is 235 Å². The molecule has 4 aromatic carbocycles. The maximum Gasteiger partial charge on any atom is 0.254 e. The highest BCUT2D eigenvalue weighted by molar-refractivity contribution is 6.31. The van der Waals surface area contributed by atoms with Gasteiger partial charge in [-0.25, -0.2) is 0 Å². The summed E-state index contributed by atoms with van der Waals surface area (Å²) in [5.41, 5.74) is 5.97. The van der Waals surface area contributed by atoms with E-state index in [0.29, 0.717) is 21.4 Å². The van der Waals surface area contributed by atoms with Gasteiger partial charge in [0.2, 0.25) is 0 Å². The van der Waals surface area contributed by atoms with E-state index in [-0.39, 0.29) is 30.3 Å². The van der Waals surface area contributed by atoms with Crippen molar-refractivity contribution in [2.24, 2.45) is 16.9 Å². The van der Waals surface area contributed by atoms with Gasteiger partial charge >= 0.3 is 0 Å². The Kier molecular flexibility index (Phi) is 5.80. The van der Waals surface area contributed by atoms with Crippen molar-refractivity contribution in [2.75, 3.05) is 0 Å². The minimum atomic E-state index is -0.484. The van der Waals surface area contributed by atoms with Crippen LogP contribution in [-0.4, -0.2) is 23.0 Å². The molecule has 0 saturated carbocycles. The van der Waals surface area contributed by atoms with Gasteiger partial charge in [-0.05, 0) is 58.1 Å². The predicted molar refractivity (Wildman–Crippen MR) is 150 cm³/mol. The largest absolute Gasteiger partial charge is 0.488 e. The normalized spacial score (nSPS) is 22.7. The molecule has 3 aliphatic carbocycles.